The minimum atomic E-state index is -1.04. The molecule has 3 nitrogen and oxygen atoms in total. The van der Waals surface area contributed by atoms with Crippen molar-refractivity contribution in [2.24, 2.45) is 0 Å². The Bertz CT molecular complexity index is 704. The van der Waals surface area contributed by atoms with Gasteiger partial charge in [-0.3, -0.25) is 4.79 Å². The second-order valence-electron chi connectivity index (χ2n) is 5.73. The average Bonchev–Trinajstić information content (AvgIpc) is 2.56. The number of hydrogen-bond donors (Lipinski definition) is 0. The summed E-state index contributed by atoms with van der Waals surface area (Å²) in [4.78, 5) is 24.6. The van der Waals surface area contributed by atoms with E-state index in [4.69, 9.17) is 4.74 Å². The topological polar surface area (TPSA) is 43.4 Å². The van der Waals surface area contributed by atoms with E-state index in [-0.39, 0.29) is 12.2 Å². The van der Waals surface area contributed by atoms with E-state index in [0.29, 0.717) is 11.1 Å². The molecule has 0 saturated heterocycles. The molecular formula is C20H20O3. The molecule has 0 aliphatic rings. The van der Waals surface area contributed by atoms with Crippen molar-refractivity contribution in [2.45, 2.75) is 25.9 Å². The van der Waals surface area contributed by atoms with Crippen LogP contribution in [0.4, 0.5) is 0 Å². The molecule has 1 unspecified atom stereocenters. The molecule has 1 atom stereocenters. The first-order chi connectivity index (χ1) is 10.9. The smallest absolute Gasteiger partial charge is 0.334 e. The molecule has 0 aliphatic carbocycles. The number of Topliss-reactive ketones (excluding diaryl/α,β-unsaturated/α-hetero) is 1. The molecule has 0 aromatic heterocycles. The molecule has 118 valence electrons. The van der Waals surface area contributed by atoms with Gasteiger partial charge in [0.05, 0.1) is 6.42 Å². The summed E-state index contributed by atoms with van der Waals surface area (Å²) in [6, 6.07) is 18.3. The van der Waals surface area contributed by atoms with Gasteiger partial charge in [-0.2, -0.15) is 0 Å². The lowest BCUT2D eigenvalue weighted by atomic mass is 9.88. The fourth-order valence-electron chi connectivity index (χ4n) is 2.31. The van der Waals surface area contributed by atoms with Crippen LogP contribution in [0.25, 0.3) is 0 Å². The van der Waals surface area contributed by atoms with Gasteiger partial charge in [0.15, 0.2) is 5.78 Å². The quantitative estimate of drug-likeness (QED) is 0.454. The molecule has 2 aromatic rings. The molecular weight excluding hydrogens is 288 g/mol. The Morgan fingerprint density at radius 3 is 2.04 bits per heavy atom. The summed E-state index contributed by atoms with van der Waals surface area (Å²) in [5, 5.41) is 0. The summed E-state index contributed by atoms with van der Waals surface area (Å²) < 4.78 is 5.62. The lowest BCUT2D eigenvalue weighted by Crippen LogP contribution is -2.32. The highest BCUT2D eigenvalue weighted by Gasteiger charge is 2.34. The molecule has 3 heteroatoms. The van der Waals surface area contributed by atoms with E-state index in [1.54, 1.807) is 26.0 Å². The zero-order chi connectivity index (χ0) is 16.9. The van der Waals surface area contributed by atoms with Crippen LogP contribution in [-0.4, -0.2) is 11.8 Å². The normalized spacial score (nSPS) is 13.0. The van der Waals surface area contributed by atoms with Gasteiger partial charge in [0.2, 0.25) is 0 Å². The van der Waals surface area contributed by atoms with E-state index in [0.717, 1.165) is 5.56 Å². The molecule has 0 aliphatic heterocycles. The molecule has 0 heterocycles. The molecule has 0 saturated carbocycles. The van der Waals surface area contributed by atoms with Crippen molar-refractivity contribution < 1.29 is 14.3 Å². The fraction of sp³-hybridized carbons (Fsp3) is 0.200. The third-order valence-corrected chi connectivity index (χ3v) is 3.64. The summed E-state index contributed by atoms with van der Waals surface area (Å²) in [7, 11) is 0. The minimum absolute atomic E-state index is 0.0695. The number of carbonyl (C=O) groups is 2. The maximum atomic E-state index is 12.6. The van der Waals surface area contributed by atoms with E-state index >= 15 is 0 Å². The van der Waals surface area contributed by atoms with Crippen LogP contribution in [-0.2, 0) is 15.1 Å². The molecule has 0 fully saturated rings. The molecule has 0 spiro atoms. The van der Waals surface area contributed by atoms with E-state index in [1.165, 1.54) is 0 Å². The number of ketones is 1. The van der Waals surface area contributed by atoms with Crippen molar-refractivity contribution >= 4 is 11.8 Å². The highest BCUT2D eigenvalue weighted by Crippen LogP contribution is 2.31. The van der Waals surface area contributed by atoms with E-state index in [1.807, 2.05) is 48.5 Å². The number of esters is 1. The van der Waals surface area contributed by atoms with Gasteiger partial charge < -0.3 is 4.74 Å². The third-order valence-electron chi connectivity index (χ3n) is 3.64. The van der Waals surface area contributed by atoms with Crippen LogP contribution >= 0.6 is 0 Å². The van der Waals surface area contributed by atoms with Gasteiger partial charge in [0.25, 0.3) is 0 Å². The average molecular weight is 308 g/mol. The predicted molar refractivity (Wildman–Crippen MR) is 90.1 cm³/mol. The van der Waals surface area contributed by atoms with Crippen molar-refractivity contribution in [3.05, 3.63) is 83.9 Å². The van der Waals surface area contributed by atoms with Gasteiger partial charge in [-0.1, -0.05) is 67.2 Å². The van der Waals surface area contributed by atoms with Gasteiger partial charge in [-0.25, -0.2) is 4.79 Å². The van der Waals surface area contributed by atoms with Crippen LogP contribution in [0.5, 0.6) is 0 Å². The third kappa shape index (κ3) is 4.16. The van der Waals surface area contributed by atoms with Gasteiger partial charge in [0.1, 0.15) is 5.60 Å². The molecule has 2 aromatic carbocycles. The van der Waals surface area contributed by atoms with Crippen molar-refractivity contribution in [1.29, 1.82) is 0 Å². The Balaban J connectivity index is 2.32. The van der Waals surface area contributed by atoms with E-state index in [2.05, 4.69) is 6.58 Å². The number of ether oxygens (including phenoxy) is 1. The molecule has 0 bridgehead atoms. The van der Waals surface area contributed by atoms with Crippen molar-refractivity contribution in [1.82, 2.24) is 0 Å². The van der Waals surface area contributed by atoms with Crippen LogP contribution in [0.2, 0.25) is 0 Å². The van der Waals surface area contributed by atoms with Gasteiger partial charge in [-0.15, -0.1) is 0 Å². The summed E-state index contributed by atoms with van der Waals surface area (Å²) in [5.74, 6) is -0.580. The zero-order valence-electron chi connectivity index (χ0n) is 13.4. The van der Waals surface area contributed by atoms with E-state index < -0.39 is 11.6 Å². The highest BCUT2D eigenvalue weighted by molar-refractivity contribution is 5.97. The SMILES string of the molecule is C=C(C)C(=O)OC(C)(CC(=O)c1ccccc1)c1ccccc1. The lowest BCUT2D eigenvalue weighted by molar-refractivity contribution is -0.153. The number of benzene rings is 2. The van der Waals surface area contributed by atoms with E-state index in [9.17, 15) is 9.59 Å². The van der Waals surface area contributed by atoms with Crippen molar-refractivity contribution in [2.75, 3.05) is 0 Å². The maximum absolute atomic E-state index is 12.6. The monoisotopic (exact) mass is 308 g/mol. The van der Waals surface area contributed by atoms with Crippen molar-refractivity contribution in [3.8, 4) is 0 Å². The largest absolute Gasteiger partial charge is 0.451 e. The number of carbonyl (C=O) groups excluding carboxylic acids is 2. The first-order valence-electron chi connectivity index (χ1n) is 7.45. The number of rotatable bonds is 6. The maximum Gasteiger partial charge on any atom is 0.334 e. The molecule has 0 N–H and O–H groups in total. The Morgan fingerprint density at radius 1 is 1.00 bits per heavy atom. The Morgan fingerprint density at radius 2 is 1.52 bits per heavy atom. The van der Waals surface area contributed by atoms with Gasteiger partial charge >= 0.3 is 5.97 Å². The zero-order valence-corrected chi connectivity index (χ0v) is 13.4. The van der Waals surface area contributed by atoms with Crippen molar-refractivity contribution in [3.63, 3.8) is 0 Å². The Kier molecular flexibility index (Phi) is 5.12. The number of hydrogen-bond acceptors (Lipinski definition) is 3. The first-order valence-corrected chi connectivity index (χ1v) is 7.45. The Labute approximate surface area is 136 Å². The first kappa shape index (κ1) is 16.7. The van der Waals surface area contributed by atoms with Crippen LogP contribution < -0.4 is 0 Å². The van der Waals surface area contributed by atoms with Gasteiger partial charge in [-0.05, 0) is 19.4 Å². The second kappa shape index (κ2) is 7.05. The fourth-order valence-corrected chi connectivity index (χ4v) is 2.31. The summed E-state index contributed by atoms with van der Waals surface area (Å²) in [5.41, 5.74) is 0.642. The predicted octanol–water partition coefficient (Wildman–Crippen LogP) is 4.29. The van der Waals surface area contributed by atoms with Crippen LogP contribution in [0.1, 0.15) is 36.2 Å². The second-order valence-corrected chi connectivity index (χ2v) is 5.73. The lowest BCUT2D eigenvalue weighted by Gasteiger charge is -2.29. The molecule has 23 heavy (non-hydrogen) atoms. The van der Waals surface area contributed by atoms with Crippen LogP contribution in [0, 0.1) is 0 Å². The van der Waals surface area contributed by atoms with Crippen LogP contribution in [0.3, 0.4) is 0 Å². The highest BCUT2D eigenvalue weighted by atomic mass is 16.6. The summed E-state index contributed by atoms with van der Waals surface area (Å²) in [6.07, 6.45) is 0.0695. The minimum Gasteiger partial charge on any atom is -0.451 e. The molecule has 2 rings (SSSR count). The molecule has 0 radical (unpaired) electrons. The standard InChI is InChI=1S/C20H20O3/c1-15(2)19(22)23-20(3,17-12-8-5-9-13-17)14-18(21)16-10-6-4-7-11-16/h4-13H,1,14H2,2-3H3. The summed E-state index contributed by atoms with van der Waals surface area (Å²) in [6.45, 7) is 6.95. The Hall–Kier alpha value is -2.68. The molecule has 0 amide bonds. The van der Waals surface area contributed by atoms with Crippen LogP contribution in [0.15, 0.2) is 72.8 Å². The van der Waals surface area contributed by atoms with Gasteiger partial charge in [0, 0.05) is 11.1 Å². The summed E-state index contributed by atoms with van der Waals surface area (Å²) >= 11 is 0.